The Hall–Kier alpha value is -3.72. The van der Waals surface area contributed by atoms with E-state index < -0.39 is 34.3 Å². The fourth-order valence-corrected chi connectivity index (χ4v) is 5.56. The maximum atomic E-state index is 15.0. The highest BCUT2D eigenvalue weighted by atomic mass is 32.2. The zero-order chi connectivity index (χ0) is 28.6. The number of aryl methyl sites for hydroxylation is 1. The summed E-state index contributed by atoms with van der Waals surface area (Å²) in [5, 5.41) is 2.89. The smallest absolute Gasteiger partial charge is 0.264 e. The molecule has 0 fully saturated rings. The zero-order valence-electron chi connectivity index (χ0n) is 22.8. The summed E-state index contributed by atoms with van der Waals surface area (Å²) in [5.41, 5.74) is 1.58. The number of para-hydroxylation sites is 1. The van der Waals surface area contributed by atoms with Crippen molar-refractivity contribution < 1.29 is 22.4 Å². The molecule has 0 unspecified atom stereocenters. The van der Waals surface area contributed by atoms with Crippen LogP contribution in [0.1, 0.15) is 38.3 Å². The molecule has 0 heterocycles. The van der Waals surface area contributed by atoms with Crippen molar-refractivity contribution in [3.05, 3.63) is 95.8 Å². The zero-order valence-corrected chi connectivity index (χ0v) is 23.6. The number of hydrogen-bond acceptors (Lipinski definition) is 4. The molecule has 0 aliphatic rings. The van der Waals surface area contributed by atoms with Gasteiger partial charge in [-0.25, -0.2) is 12.8 Å². The van der Waals surface area contributed by atoms with Gasteiger partial charge in [-0.2, -0.15) is 0 Å². The first-order chi connectivity index (χ1) is 18.5. The Bertz CT molecular complexity index is 1360. The van der Waals surface area contributed by atoms with E-state index in [1.165, 1.54) is 35.2 Å². The van der Waals surface area contributed by atoms with Gasteiger partial charge in [-0.05, 0) is 49.1 Å². The Balaban J connectivity index is 2.04. The number of rotatable bonds is 12. The fraction of sp³-hybridized carbons (Fsp3) is 0.333. The van der Waals surface area contributed by atoms with Crippen molar-refractivity contribution in [1.29, 1.82) is 0 Å². The van der Waals surface area contributed by atoms with Gasteiger partial charge in [0.2, 0.25) is 11.8 Å². The van der Waals surface area contributed by atoms with Gasteiger partial charge in [0.25, 0.3) is 10.0 Å². The van der Waals surface area contributed by atoms with Gasteiger partial charge >= 0.3 is 0 Å². The Morgan fingerprint density at radius 1 is 0.923 bits per heavy atom. The van der Waals surface area contributed by atoms with E-state index in [0.717, 1.165) is 21.5 Å². The van der Waals surface area contributed by atoms with Gasteiger partial charge in [0.1, 0.15) is 18.4 Å². The van der Waals surface area contributed by atoms with Crippen LogP contribution in [-0.4, -0.2) is 44.3 Å². The van der Waals surface area contributed by atoms with Gasteiger partial charge in [-0.15, -0.1) is 0 Å². The Morgan fingerprint density at radius 3 is 2.13 bits per heavy atom. The molecule has 2 amide bonds. The van der Waals surface area contributed by atoms with Crippen LogP contribution in [0, 0.1) is 18.7 Å². The van der Waals surface area contributed by atoms with E-state index >= 15 is 0 Å². The SMILES string of the molecule is CC[C@@H](C(=O)NCC(C)C)N(Cc1ccc(C)cc1)C(=O)CN(c1ccccc1F)S(=O)(=O)c1ccccc1. The van der Waals surface area contributed by atoms with Crippen molar-refractivity contribution >= 4 is 27.5 Å². The first kappa shape index (κ1) is 29.8. The van der Waals surface area contributed by atoms with E-state index in [4.69, 9.17) is 0 Å². The van der Waals surface area contributed by atoms with Crippen LogP contribution in [0.4, 0.5) is 10.1 Å². The molecular formula is C30H36FN3O4S. The lowest BCUT2D eigenvalue weighted by molar-refractivity contribution is -0.140. The highest BCUT2D eigenvalue weighted by molar-refractivity contribution is 7.92. The molecular weight excluding hydrogens is 517 g/mol. The van der Waals surface area contributed by atoms with Gasteiger partial charge in [0.15, 0.2) is 0 Å². The third-order valence-electron chi connectivity index (χ3n) is 6.28. The number of halogens is 1. The van der Waals surface area contributed by atoms with E-state index in [1.807, 2.05) is 45.0 Å². The fourth-order valence-electron chi connectivity index (χ4n) is 4.12. The first-order valence-electron chi connectivity index (χ1n) is 13.0. The molecule has 0 aromatic heterocycles. The highest BCUT2D eigenvalue weighted by Gasteiger charge is 2.34. The quantitative estimate of drug-likeness (QED) is 0.345. The summed E-state index contributed by atoms with van der Waals surface area (Å²) in [5.74, 6) is -1.52. The predicted molar refractivity (Wildman–Crippen MR) is 151 cm³/mol. The minimum absolute atomic E-state index is 0.0761. The van der Waals surface area contributed by atoms with Crippen LogP contribution in [0.3, 0.4) is 0 Å². The second kappa shape index (κ2) is 13.4. The van der Waals surface area contributed by atoms with Crippen LogP contribution in [0.5, 0.6) is 0 Å². The molecule has 0 bridgehead atoms. The molecule has 0 spiro atoms. The largest absolute Gasteiger partial charge is 0.354 e. The minimum atomic E-state index is -4.31. The van der Waals surface area contributed by atoms with E-state index in [2.05, 4.69) is 5.32 Å². The van der Waals surface area contributed by atoms with Gasteiger partial charge in [0.05, 0.1) is 10.6 Å². The second-order valence-electron chi connectivity index (χ2n) is 9.85. The highest BCUT2D eigenvalue weighted by Crippen LogP contribution is 2.27. The number of nitrogens with one attached hydrogen (secondary N) is 1. The number of amides is 2. The van der Waals surface area contributed by atoms with Gasteiger partial charge in [0, 0.05) is 13.1 Å². The lowest BCUT2D eigenvalue weighted by Crippen LogP contribution is -2.52. The standard InChI is InChI=1S/C30H36FN3O4S/c1-5-27(30(36)32-19-22(2)3)33(20-24-17-15-23(4)16-18-24)29(35)21-34(28-14-10-9-13-26(28)31)39(37,38)25-11-7-6-8-12-25/h6-18,22,27H,5,19-21H2,1-4H3,(H,32,36)/t27-/m0/s1. The van der Waals surface area contributed by atoms with E-state index in [0.29, 0.717) is 13.0 Å². The normalized spacial score (nSPS) is 12.2. The number of anilines is 1. The topological polar surface area (TPSA) is 86.8 Å². The molecule has 3 aromatic rings. The minimum Gasteiger partial charge on any atom is -0.354 e. The van der Waals surface area contributed by atoms with Crippen molar-refractivity contribution in [2.45, 2.75) is 51.6 Å². The molecule has 0 radical (unpaired) electrons. The summed E-state index contributed by atoms with van der Waals surface area (Å²) in [6, 6.07) is 19.7. The van der Waals surface area contributed by atoms with Gasteiger partial charge < -0.3 is 10.2 Å². The molecule has 0 saturated heterocycles. The van der Waals surface area contributed by atoms with E-state index in [1.54, 1.807) is 25.1 Å². The third-order valence-corrected chi connectivity index (χ3v) is 8.05. The Morgan fingerprint density at radius 2 is 1.54 bits per heavy atom. The summed E-state index contributed by atoms with van der Waals surface area (Å²) >= 11 is 0. The molecule has 0 saturated carbocycles. The van der Waals surface area contributed by atoms with Crippen LogP contribution in [0.2, 0.25) is 0 Å². The number of carbonyl (C=O) groups excluding carboxylic acids is 2. The van der Waals surface area contributed by atoms with Gasteiger partial charge in [-0.3, -0.25) is 13.9 Å². The molecule has 1 atom stereocenters. The summed E-state index contributed by atoms with van der Waals surface area (Å²) in [6.45, 7) is 7.52. The molecule has 208 valence electrons. The van der Waals surface area contributed by atoms with E-state index in [-0.39, 0.29) is 29.0 Å². The van der Waals surface area contributed by atoms with Crippen molar-refractivity contribution in [3.63, 3.8) is 0 Å². The average molecular weight is 554 g/mol. The molecule has 3 aromatic carbocycles. The van der Waals surface area contributed by atoms with Crippen molar-refractivity contribution in [2.24, 2.45) is 5.92 Å². The molecule has 0 aliphatic heterocycles. The molecule has 7 nitrogen and oxygen atoms in total. The Kier molecular flexibility index (Phi) is 10.2. The number of carbonyl (C=O) groups is 2. The molecule has 3 rings (SSSR count). The third kappa shape index (κ3) is 7.66. The van der Waals surface area contributed by atoms with E-state index in [9.17, 15) is 22.4 Å². The molecule has 39 heavy (non-hydrogen) atoms. The lowest BCUT2D eigenvalue weighted by Gasteiger charge is -2.33. The first-order valence-corrected chi connectivity index (χ1v) is 14.4. The summed E-state index contributed by atoms with van der Waals surface area (Å²) in [4.78, 5) is 28.5. The maximum absolute atomic E-state index is 15.0. The van der Waals surface area contributed by atoms with Crippen molar-refractivity contribution in [1.82, 2.24) is 10.2 Å². The van der Waals surface area contributed by atoms with Crippen LogP contribution in [-0.2, 0) is 26.2 Å². The number of sulfonamides is 1. The number of hydrogen-bond donors (Lipinski definition) is 1. The maximum Gasteiger partial charge on any atom is 0.264 e. The molecule has 9 heteroatoms. The van der Waals surface area contributed by atoms with Crippen molar-refractivity contribution in [3.8, 4) is 0 Å². The van der Waals surface area contributed by atoms with Crippen LogP contribution >= 0.6 is 0 Å². The summed E-state index contributed by atoms with van der Waals surface area (Å²) in [7, 11) is -4.31. The van der Waals surface area contributed by atoms with Gasteiger partial charge in [-0.1, -0.05) is 80.9 Å². The predicted octanol–water partition coefficient (Wildman–Crippen LogP) is 4.91. The lowest BCUT2D eigenvalue weighted by atomic mass is 10.1. The number of benzene rings is 3. The summed E-state index contributed by atoms with van der Waals surface area (Å²) in [6.07, 6.45) is 0.312. The molecule has 0 aliphatic carbocycles. The monoisotopic (exact) mass is 553 g/mol. The molecule has 1 N–H and O–H groups in total. The average Bonchev–Trinajstić information content (AvgIpc) is 2.92. The summed E-state index contributed by atoms with van der Waals surface area (Å²) < 4.78 is 43.1. The van der Waals surface area contributed by atoms with Crippen molar-refractivity contribution in [2.75, 3.05) is 17.4 Å². The van der Waals surface area contributed by atoms with Crippen LogP contribution in [0.25, 0.3) is 0 Å². The van der Waals surface area contributed by atoms with Crippen LogP contribution in [0.15, 0.2) is 83.8 Å². The van der Waals surface area contributed by atoms with Crippen LogP contribution < -0.4 is 9.62 Å². The Labute approximate surface area is 230 Å². The second-order valence-corrected chi connectivity index (χ2v) is 11.7. The number of nitrogens with zero attached hydrogens (tertiary/aromatic N) is 2.